The van der Waals surface area contributed by atoms with Crippen LogP contribution in [0.4, 0.5) is 0 Å². The molecule has 4 heteroatoms. The minimum Gasteiger partial charge on any atom is -0.403 e. The Morgan fingerprint density at radius 1 is 0.938 bits per heavy atom. The molecule has 0 spiro atoms. The molecule has 0 bridgehead atoms. The summed E-state index contributed by atoms with van der Waals surface area (Å²) in [4.78, 5) is 0. The minimum absolute atomic E-state index is 0.147. The first-order valence-electron chi connectivity index (χ1n) is 6.20. The van der Waals surface area contributed by atoms with E-state index in [1.54, 1.807) is 0 Å². The van der Waals surface area contributed by atoms with E-state index < -0.39 is 0 Å². The lowest BCUT2D eigenvalue weighted by Gasteiger charge is -2.32. The highest BCUT2D eigenvalue weighted by Crippen LogP contribution is 2.41. The molecule has 0 aromatic carbocycles. The van der Waals surface area contributed by atoms with Crippen molar-refractivity contribution in [1.82, 2.24) is 0 Å². The van der Waals surface area contributed by atoms with Gasteiger partial charge in [-0.15, -0.1) is 0 Å². The number of nitrogens with two attached hydrogens (primary N) is 1. The summed E-state index contributed by atoms with van der Waals surface area (Å²) in [7, 11) is -0.147. The van der Waals surface area contributed by atoms with E-state index in [2.05, 4.69) is 41.5 Å². The van der Waals surface area contributed by atoms with Crippen molar-refractivity contribution in [1.29, 1.82) is 0 Å². The van der Waals surface area contributed by atoms with Crippen LogP contribution >= 0.6 is 0 Å². The molecule has 3 atom stereocenters. The second-order valence-electron chi connectivity index (χ2n) is 6.20. The minimum atomic E-state index is -0.247. The van der Waals surface area contributed by atoms with E-state index in [1.165, 1.54) is 0 Å². The summed E-state index contributed by atoms with van der Waals surface area (Å²) in [5.74, 6) is 0.691. The Morgan fingerprint density at radius 3 is 1.62 bits per heavy atom. The van der Waals surface area contributed by atoms with Gasteiger partial charge in [-0.05, 0) is 46.4 Å². The van der Waals surface area contributed by atoms with Gasteiger partial charge in [0, 0.05) is 6.04 Å². The van der Waals surface area contributed by atoms with Gasteiger partial charge in [-0.3, -0.25) is 0 Å². The van der Waals surface area contributed by atoms with E-state index >= 15 is 0 Å². The van der Waals surface area contributed by atoms with Crippen LogP contribution in [0.1, 0.15) is 48.5 Å². The van der Waals surface area contributed by atoms with Crippen LogP contribution in [0.2, 0.25) is 5.82 Å². The number of hydrogen-bond acceptors (Lipinski definition) is 3. The van der Waals surface area contributed by atoms with Crippen LogP contribution < -0.4 is 5.73 Å². The normalized spacial score (nSPS) is 28.9. The maximum absolute atomic E-state index is 6.02. The van der Waals surface area contributed by atoms with Crippen molar-refractivity contribution in [2.45, 2.75) is 71.5 Å². The first kappa shape index (κ1) is 14.0. The van der Waals surface area contributed by atoms with Gasteiger partial charge in [-0.2, -0.15) is 0 Å². The summed E-state index contributed by atoms with van der Waals surface area (Å²) in [6.45, 7) is 14.7. The van der Waals surface area contributed by atoms with E-state index in [0.717, 1.165) is 0 Å². The molecule has 0 aromatic rings. The summed E-state index contributed by atoms with van der Waals surface area (Å²) in [6, 6.07) is 0.161. The molecular formula is C12H26BNO2. The van der Waals surface area contributed by atoms with Crippen molar-refractivity contribution in [3.63, 3.8) is 0 Å². The zero-order valence-corrected chi connectivity index (χ0v) is 11.7. The Bertz CT molecular complexity index is 237. The summed E-state index contributed by atoms with van der Waals surface area (Å²) < 4.78 is 12.0. The third-order valence-electron chi connectivity index (χ3n) is 4.36. The lowest BCUT2D eigenvalue weighted by atomic mass is 9.65. The smallest absolute Gasteiger partial charge is 0.403 e. The Kier molecular flexibility index (Phi) is 3.78. The van der Waals surface area contributed by atoms with Crippen LogP contribution in [0.15, 0.2) is 0 Å². The molecule has 0 aromatic heterocycles. The Balaban J connectivity index is 2.73. The van der Waals surface area contributed by atoms with Gasteiger partial charge in [0.1, 0.15) is 0 Å². The monoisotopic (exact) mass is 227 g/mol. The standard InChI is InChI=1S/C12H26BNO2/c1-8(10(3)14)9(2)13-15-11(4,5)12(6,7)16-13/h8-10H,14H2,1-7H3. The highest BCUT2D eigenvalue weighted by atomic mass is 16.7. The molecular weight excluding hydrogens is 201 g/mol. The van der Waals surface area contributed by atoms with Gasteiger partial charge in [0.2, 0.25) is 0 Å². The molecule has 1 aliphatic rings. The Hall–Kier alpha value is -0.0551. The summed E-state index contributed by atoms with van der Waals surface area (Å²) in [5.41, 5.74) is 5.44. The number of rotatable bonds is 3. The average molecular weight is 227 g/mol. The molecule has 94 valence electrons. The van der Waals surface area contributed by atoms with Gasteiger partial charge >= 0.3 is 7.12 Å². The molecule has 3 nitrogen and oxygen atoms in total. The molecule has 2 N–H and O–H groups in total. The maximum atomic E-state index is 6.02. The second-order valence-corrected chi connectivity index (χ2v) is 6.20. The third-order valence-corrected chi connectivity index (χ3v) is 4.36. The van der Waals surface area contributed by atoms with Crippen LogP contribution in [-0.2, 0) is 9.31 Å². The van der Waals surface area contributed by atoms with Crippen LogP contribution in [0.3, 0.4) is 0 Å². The van der Waals surface area contributed by atoms with Gasteiger partial charge in [0.05, 0.1) is 11.2 Å². The lowest BCUT2D eigenvalue weighted by Crippen LogP contribution is -2.41. The number of hydrogen-bond donors (Lipinski definition) is 1. The molecule has 1 rings (SSSR count). The molecule has 1 saturated heterocycles. The van der Waals surface area contributed by atoms with Crippen LogP contribution in [-0.4, -0.2) is 24.4 Å². The summed E-state index contributed by atoms with van der Waals surface area (Å²) >= 11 is 0. The van der Waals surface area contributed by atoms with Crippen LogP contribution in [0.25, 0.3) is 0 Å². The van der Waals surface area contributed by atoms with Crippen LogP contribution in [0.5, 0.6) is 0 Å². The predicted octanol–water partition coefficient (Wildman–Crippen LogP) is 2.45. The van der Waals surface area contributed by atoms with Crippen molar-refractivity contribution in [2.24, 2.45) is 11.7 Å². The van der Waals surface area contributed by atoms with Gasteiger partial charge < -0.3 is 15.0 Å². The fourth-order valence-corrected chi connectivity index (χ4v) is 1.83. The fourth-order valence-electron chi connectivity index (χ4n) is 1.83. The molecule has 0 amide bonds. The predicted molar refractivity (Wildman–Crippen MR) is 68.3 cm³/mol. The SMILES string of the molecule is CC(N)C(C)C(C)B1OC(C)(C)C(C)(C)O1. The molecule has 0 saturated carbocycles. The van der Waals surface area contributed by atoms with Crippen molar-refractivity contribution < 1.29 is 9.31 Å². The van der Waals surface area contributed by atoms with Crippen LogP contribution in [0, 0.1) is 5.92 Å². The topological polar surface area (TPSA) is 44.5 Å². The lowest BCUT2D eigenvalue weighted by molar-refractivity contribution is 0.00578. The molecule has 0 aliphatic carbocycles. The molecule has 0 radical (unpaired) electrons. The van der Waals surface area contributed by atoms with Gasteiger partial charge in [0.15, 0.2) is 0 Å². The van der Waals surface area contributed by atoms with Crippen molar-refractivity contribution in [3.8, 4) is 0 Å². The van der Waals surface area contributed by atoms with E-state index in [4.69, 9.17) is 15.0 Å². The zero-order chi connectivity index (χ0) is 12.7. The maximum Gasteiger partial charge on any atom is 0.461 e. The summed E-state index contributed by atoms with van der Waals surface area (Å²) in [5, 5.41) is 0. The first-order valence-corrected chi connectivity index (χ1v) is 6.20. The van der Waals surface area contributed by atoms with Crippen molar-refractivity contribution in [2.75, 3.05) is 0 Å². The molecule has 1 aliphatic heterocycles. The second kappa shape index (κ2) is 4.32. The molecule has 1 fully saturated rings. The van der Waals surface area contributed by atoms with E-state index in [9.17, 15) is 0 Å². The zero-order valence-electron chi connectivity index (χ0n) is 11.7. The summed E-state index contributed by atoms with van der Waals surface area (Å²) in [6.07, 6.45) is 0. The van der Waals surface area contributed by atoms with E-state index in [1.807, 2.05) is 6.92 Å². The average Bonchev–Trinajstić information content (AvgIpc) is 2.33. The molecule has 16 heavy (non-hydrogen) atoms. The molecule has 1 heterocycles. The highest BCUT2D eigenvalue weighted by molar-refractivity contribution is 6.47. The van der Waals surface area contributed by atoms with E-state index in [-0.39, 0.29) is 24.4 Å². The van der Waals surface area contributed by atoms with Gasteiger partial charge in [-0.1, -0.05) is 13.8 Å². The Labute approximate surface area is 100 Å². The molecule has 3 unspecified atom stereocenters. The van der Waals surface area contributed by atoms with Crippen molar-refractivity contribution in [3.05, 3.63) is 0 Å². The van der Waals surface area contributed by atoms with Gasteiger partial charge in [-0.25, -0.2) is 0 Å². The fraction of sp³-hybridized carbons (Fsp3) is 1.00. The largest absolute Gasteiger partial charge is 0.461 e. The Morgan fingerprint density at radius 2 is 1.31 bits per heavy atom. The van der Waals surface area contributed by atoms with E-state index in [0.29, 0.717) is 11.7 Å². The van der Waals surface area contributed by atoms with Crippen molar-refractivity contribution >= 4 is 7.12 Å². The third kappa shape index (κ3) is 2.44. The highest BCUT2D eigenvalue weighted by Gasteiger charge is 2.53. The first-order chi connectivity index (χ1) is 7.08. The quantitative estimate of drug-likeness (QED) is 0.753. The van der Waals surface area contributed by atoms with Gasteiger partial charge in [0.25, 0.3) is 0 Å².